The minimum atomic E-state index is -4.86. The van der Waals surface area contributed by atoms with Gasteiger partial charge in [0.05, 0.1) is 0 Å². The second-order valence-corrected chi connectivity index (χ2v) is 3.47. The number of carboxylic acid groups (broad SMARTS) is 1. The second-order valence-electron chi connectivity index (χ2n) is 3.47. The zero-order valence-corrected chi connectivity index (χ0v) is 9.03. The highest BCUT2D eigenvalue weighted by Crippen LogP contribution is 2.25. The molecule has 7 heteroatoms. The third-order valence-electron chi connectivity index (χ3n) is 1.99. The van der Waals surface area contributed by atoms with Crippen LogP contribution in [0.15, 0.2) is 18.2 Å². The first-order valence-corrected chi connectivity index (χ1v) is 4.87. The van der Waals surface area contributed by atoms with Crippen LogP contribution in [-0.4, -0.2) is 23.7 Å². The van der Waals surface area contributed by atoms with Crippen molar-refractivity contribution in [2.24, 2.45) is 0 Å². The van der Waals surface area contributed by atoms with E-state index in [2.05, 4.69) is 4.74 Å². The van der Waals surface area contributed by atoms with Crippen molar-refractivity contribution in [1.29, 1.82) is 0 Å². The Kier molecular flexibility index (Phi) is 4.30. The van der Waals surface area contributed by atoms with Crippen LogP contribution in [0.2, 0.25) is 0 Å². The molecular formula is C11H9F3O4. The Morgan fingerprint density at radius 3 is 2.50 bits per heavy atom. The molecule has 4 nitrogen and oxygen atoms in total. The standard InChI is InChI=1S/C11H9F3O4/c12-11(13,14)18-9-4-7(1-2-10(16)17)3-8(5-9)6-15/h3-6H,1-2H2,(H,16,17). The van der Waals surface area contributed by atoms with Crippen LogP contribution >= 0.6 is 0 Å². The van der Waals surface area contributed by atoms with Gasteiger partial charge >= 0.3 is 12.3 Å². The molecule has 0 atom stereocenters. The van der Waals surface area contributed by atoms with Crippen molar-refractivity contribution >= 4 is 12.3 Å². The molecule has 0 heterocycles. The van der Waals surface area contributed by atoms with Crippen LogP contribution < -0.4 is 4.74 Å². The zero-order chi connectivity index (χ0) is 13.8. The highest BCUT2D eigenvalue weighted by Gasteiger charge is 2.31. The van der Waals surface area contributed by atoms with E-state index in [1.807, 2.05) is 0 Å². The second kappa shape index (κ2) is 5.52. The fraction of sp³-hybridized carbons (Fsp3) is 0.273. The first-order valence-electron chi connectivity index (χ1n) is 4.87. The minimum Gasteiger partial charge on any atom is -0.481 e. The Labute approximate surface area is 100.0 Å². The monoisotopic (exact) mass is 262 g/mol. The number of aldehydes is 1. The number of hydrogen-bond acceptors (Lipinski definition) is 3. The number of aryl methyl sites for hydroxylation is 1. The van der Waals surface area contributed by atoms with E-state index in [4.69, 9.17) is 5.11 Å². The molecule has 0 amide bonds. The number of carboxylic acids is 1. The number of benzene rings is 1. The maximum absolute atomic E-state index is 12.0. The van der Waals surface area contributed by atoms with Gasteiger partial charge in [0.15, 0.2) is 0 Å². The van der Waals surface area contributed by atoms with Crippen molar-refractivity contribution in [3.63, 3.8) is 0 Å². The molecule has 98 valence electrons. The third kappa shape index (κ3) is 4.86. The molecule has 0 aliphatic carbocycles. The van der Waals surface area contributed by atoms with Crippen molar-refractivity contribution in [3.8, 4) is 5.75 Å². The summed E-state index contributed by atoms with van der Waals surface area (Å²) in [6.45, 7) is 0. The minimum absolute atomic E-state index is 0.00265. The Bertz CT molecular complexity index is 454. The highest BCUT2D eigenvalue weighted by molar-refractivity contribution is 5.76. The Morgan fingerprint density at radius 1 is 1.33 bits per heavy atom. The van der Waals surface area contributed by atoms with E-state index in [0.717, 1.165) is 12.1 Å². The average Bonchev–Trinajstić information content (AvgIpc) is 2.23. The van der Waals surface area contributed by atoms with Gasteiger partial charge in [-0.25, -0.2) is 0 Å². The summed E-state index contributed by atoms with van der Waals surface area (Å²) in [5, 5.41) is 8.48. The van der Waals surface area contributed by atoms with Gasteiger partial charge in [0.2, 0.25) is 0 Å². The summed E-state index contributed by atoms with van der Waals surface area (Å²) in [5.74, 6) is -1.61. The summed E-state index contributed by atoms with van der Waals surface area (Å²) in [6.07, 6.45) is -4.71. The van der Waals surface area contributed by atoms with Crippen LogP contribution in [0, 0.1) is 0 Å². The van der Waals surface area contributed by atoms with Crippen molar-refractivity contribution in [1.82, 2.24) is 0 Å². The van der Waals surface area contributed by atoms with Crippen LogP contribution in [0.1, 0.15) is 22.3 Å². The highest BCUT2D eigenvalue weighted by atomic mass is 19.4. The predicted molar refractivity (Wildman–Crippen MR) is 54.5 cm³/mol. The molecule has 1 N–H and O–H groups in total. The Morgan fingerprint density at radius 2 is 2.00 bits per heavy atom. The molecule has 0 aromatic heterocycles. The largest absolute Gasteiger partial charge is 0.573 e. The number of carbonyl (C=O) groups excluding carboxylic acids is 1. The number of carbonyl (C=O) groups is 2. The SMILES string of the molecule is O=Cc1cc(CCC(=O)O)cc(OC(F)(F)F)c1. The molecule has 1 aromatic carbocycles. The van der Waals surface area contributed by atoms with Gasteiger partial charge in [0.25, 0.3) is 0 Å². The van der Waals surface area contributed by atoms with E-state index in [-0.39, 0.29) is 18.4 Å². The summed E-state index contributed by atoms with van der Waals surface area (Å²) < 4.78 is 39.7. The number of rotatable bonds is 5. The fourth-order valence-electron chi connectivity index (χ4n) is 1.34. The van der Waals surface area contributed by atoms with Gasteiger partial charge in [0.1, 0.15) is 12.0 Å². The number of halogens is 3. The number of aliphatic carboxylic acids is 1. The van der Waals surface area contributed by atoms with Gasteiger partial charge in [0, 0.05) is 12.0 Å². The molecule has 18 heavy (non-hydrogen) atoms. The molecule has 0 unspecified atom stereocenters. The molecule has 0 saturated carbocycles. The summed E-state index contributed by atoms with van der Waals surface area (Å²) >= 11 is 0. The zero-order valence-electron chi connectivity index (χ0n) is 9.03. The number of hydrogen-bond donors (Lipinski definition) is 1. The summed E-state index contributed by atoms with van der Waals surface area (Å²) in [7, 11) is 0. The van der Waals surface area contributed by atoms with Crippen LogP contribution in [0.3, 0.4) is 0 Å². The number of ether oxygens (including phenoxy) is 1. The van der Waals surface area contributed by atoms with Crippen LogP contribution in [0.25, 0.3) is 0 Å². The third-order valence-corrected chi connectivity index (χ3v) is 1.99. The lowest BCUT2D eigenvalue weighted by Gasteiger charge is -2.10. The lowest BCUT2D eigenvalue weighted by atomic mass is 10.1. The van der Waals surface area contributed by atoms with Crippen LogP contribution in [-0.2, 0) is 11.2 Å². The Balaban J connectivity index is 2.94. The first kappa shape index (κ1) is 14.0. The van der Waals surface area contributed by atoms with E-state index >= 15 is 0 Å². The lowest BCUT2D eigenvalue weighted by molar-refractivity contribution is -0.274. The fourth-order valence-corrected chi connectivity index (χ4v) is 1.34. The van der Waals surface area contributed by atoms with Crippen molar-refractivity contribution in [2.45, 2.75) is 19.2 Å². The average molecular weight is 262 g/mol. The van der Waals surface area contributed by atoms with Gasteiger partial charge in [-0.1, -0.05) is 0 Å². The van der Waals surface area contributed by atoms with E-state index in [1.165, 1.54) is 6.07 Å². The molecule has 0 fully saturated rings. The smallest absolute Gasteiger partial charge is 0.481 e. The molecule has 0 radical (unpaired) electrons. The summed E-state index contributed by atoms with van der Waals surface area (Å²) in [6, 6.07) is 3.31. The topological polar surface area (TPSA) is 63.6 Å². The van der Waals surface area contributed by atoms with Gasteiger partial charge in [-0.15, -0.1) is 13.2 Å². The lowest BCUT2D eigenvalue weighted by Crippen LogP contribution is -2.17. The van der Waals surface area contributed by atoms with Crippen molar-refractivity contribution < 1.29 is 32.6 Å². The summed E-state index contributed by atoms with van der Waals surface area (Å²) in [5.41, 5.74) is 0.290. The van der Waals surface area contributed by atoms with Crippen molar-refractivity contribution in [2.75, 3.05) is 0 Å². The molecule has 0 bridgehead atoms. The maximum atomic E-state index is 12.0. The van der Waals surface area contributed by atoms with Crippen LogP contribution in [0.4, 0.5) is 13.2 Å². The first-order chi connectivity index (χ1) is 8.30. The molecule has 0 saturated heterocycles. The molecule has 1 aromatic rings. The summed E-state index contributed by atoms with van der Waals surface area (Å²) in [4.78, 5) is 20.9. The normalized spacial score (nSPS) is 11.1. The predicted octanol–water partition coefficient (Wildman–Crippen LogP) is 2.41. The molecule has 0 aliphatic heterocycles. The number of alkyl halides is 3. The van der Waals surface area contributed by atoms with Crippen molar-refractivity contribution in [3.05, 3.63) is 29.3 Å². The van der Waals surface area contributed by atoms with Gasteiger partial charge < -0.3 is 9.84 Å². The Hall–Kier alpha value is -2.05. The molecule has 1 rings (SSSR count). The van der Waals surface area contributed by atoms with Crippen LogP contribution in [0.5, 0.6) is 5.75 Å². The molecule has 0 spiro atoms. The molecular weight excluding hydrogens is 253 g/mol. The maximum Gasteiger partial charge on any atom is 0.573 e. The van der Waals surface area contributed by atoms with E-state index in [9.17, 15) is 22.8 Å². The molecule has 0 aliphatic rings. The van der Waals surface area contributed by atoms with E-state index in [0.29, 0.717) is 11.8 Å². The van der Waals surface area contributed by atoms with E-state index < -0.39 is 18.1 Å². The quantitative estimate of drug-likeness (QED) is 0.827. The van der Waals surface area contributed by atoms with Gasteiger partial charge in [-0.2, -0.15) is 0 Å². The van der Waals surface area contributed by atoms with E-state index in [1.54, 1.807) is 0 Å². The van der Waals surface area contributed by atoms with Gasteiger partial charge in [-0.05, 0) is 30.2 Å². The van der Waals surface area contributed by atoms with Gasteiger partial charge in [-0.3, -0.25) is 9.59 Å².